The molecule has 2 rings (SSSR count). The monoisotopic (exact) mass is 285 g/mol. The van der Waals surface area contributed by atoms with E-state index in [2.05, 4.69) is 0 Å². The highest BCUT2D eigenvalue weighted by Crippen LogP contribution is 2.36. The number of piperidine rings is 1. The summed E-state index contributed by atoms with van der Waals surface area (Å²) < 4.78 is 25.1. The predicted octanol–water partition coefficient (Wildman–Crippen LogP) is 2.63. The Balaban J connectivity index is 2.18. The van der Waals surface area contributed by atoms with Crippen molar-refractivity contribution in [2.45, 2.75) is 24.7 Å². The van der Waals surface area contributed by atoms with Crippen molar-refractivity contribution in [3.63, 3.8) is 0 Å². The van der Waals surface area contributed by atoms with Gasteiger partial charge in [0.05, 0.1) is 6.61 Å². The Kier molecular flexibility index (Phi) is 4.23. The van der Waals surface area contributed by atoms with E-state index < -0.39 is 17.9 Å². The third-order valence-corrected chi connectivity index (χ3v) is 4.07. The number of hydrogen-bond donors (Lipinski definition) is 2. The molecule has 1 aliphatic heterocycles. The molecule has 0 saturated carbocycles. The molecule has 0 spiro atoms. The molecule has 1 aromatic rings. The van der Waals surface area contributed by atoms with Crippen LogP contribution in [0.25, 0.3) is 0 Å². The van der Waals surface area contributed by atoms with E-state index in [1.807, 2.05) is 0 Å². The molecule has 1 fully saturated rings. The molecule has 0 unspecified atom stereocenters. The zero-order valence-corrected chi connectivity index (χ0v) is 10.9. The minimum Gasteiger partial charge on any atom is -0.465 e. The van der Waals surface area contributed by atoms with Gasteiger partial charge in [0, 0.05) is 24.1 Å². The lowest BCUT2D eigenvalue weighted by Crippen LogP contribution is -2.46. The maximum Gasteiger partial charge on any atom is 0.407 e. The number of benzene rings is 1. The number of alkyl halides is 2. The van der Waals surface area contributed by atoms with Gasteiger partial charge in [-0.3, -0.25) is 0 Å². The Morgan fingerprint density at radius 1 is 1.25 bits per heavy atom. The number of carboxylic acid groups (broad SMARTS) is 1. The summed E-state index contributed by atoms with van der Waals surface area (Å²) >= 11 is 0. The topological polar surface area (TPSA) is 60.8 Å². The van der Waals surface area contributed by atoms with Crippen molar-refractivity contribution in [3.8, 4) is 0 Å². The summed E-state index contributed by atoms with van der Waals surface area (Å²) in [4.78, 5) is 12.2. The lowest BCUT2D eigenvalue weighted by molar-refractivity contribution is 0.0893. The number of aliphatic hydroxyl groups excluding tert-OH is 1. The van der Waals surface area contributed by atoms with E-state index in [0.29, 0.717) is 25.9 Å². The SMILES string of the molecule is O=C(O)N1CCC(CO)(c2ccc(C(F)F)cc2)CC1. The van der Waals surface area contributed by atoms with E-state index in [-0.39, 0.29) is 12.2 Å². The molecule has 20 heavy (non-hydrogen) atoms. The van der Waals surface area contributed by atoms with Crippen LogP contribution in [0.15, 0.2) is 24.3 Å². The van der Waals surface area contributed by atoms with Crippen LogP contribution in [-0.2, 0) is 5.41 Å². The molecule has 1 saturated heterocycles. The molecule has 1 aliphatic rings. The second-order valence-electron chi connectivity index (χ2n) is 5.13. The van der Waals surface area contributed by atoms with Gasteiger partial charge in [0.15, 0.2) is 0 Å². The van der Waals surface area contributed by atoms with Crippen LogP contribution < -0.4 is 0 Å². The zero-order chi connectivity index (χ0) is 14.8. The standard InChI is InChI=1S/C14H17F2NO3/c15-12(16)10-1-3-11(4-2-10)14(9-18)5-7-17(8-6-14)13(19)20/h1-4,12,18H,5-9H2,(H,19,20). The second kappa shape index (κ2) is 5.75. The van der Waals surface area contributed by atoms with Crippen LogP contribution in [0.1, 0.15) is 30.4 Å². The molecular formula is C14H17F2NO3. The van der Waals surface area contributed by atoms with Crippen molar-refractivity contribution in [1.29, 1.82) is 0 Å². The third-order valence-electron chi connectivity index (χ3n) is 4.07. The Labute approximate surface area is 115 Å². The zero-order valence-electron chi connectivity index (χ0n) is 10.9. The Morgan fingerprint density at radius 2 is 1.80 bits per heavy atom. The van der Waals surface area contributed by atoms with Crippen molar-refractivity contribution in [3.05, 3.63) is 35.4 Å². The van der Waals surface area contributed by atoms with E-state index >= 15 is 0 Å². The van der Waals surface area contributed by atoms with Gasteiger partial charge < -0.3 is 15.1 Å². The van der Waals surface area contributed by atoms with Gasteiger partial charge in [-0.25, -0.2) is 13.6 Å². The first-order chi connectivity index (χ1) is 9.48. The van der Waals surface area contributed by atoms with Gasteiger partial charge >= 0.3 is 6.09 Å². The van der Waals surface area contributed by atoms with Crippen LogP contribution in [0, 0.1) is 0 Å². The Hall–Kier alpha value is -1.69. The maximum absolute atomic E-state index is 12.5. The molecule has 0 bridgehead atoms. The van der Waals surface area contributed by atoms with Crippen molar-refractivity contribution in [1.82, 2.24) is 4.90 Å². The molecule has 0 atom stereocenters. The maximum atomic E-state index is 12.5. The lowest BCUT2D eigenvalue weighted by atomic mass is 9.73. The van der Waals surface area contributed by atoms with Crippen molar-refractivity contribution in [2.75, 3.05) is 19.7 Å². The smallest absolute Gasteiger partial charge is 0.407 e. The third kappa shape index (κ3) is 2.75. The van der Waals surface area contributed by atoms with E-state index in [9.17, 15) is 18.7 Å². The predicted molar refractivity (Wildman–Crippen MR) is 69.0 cm³/mol. The molecule has 0 aromatic heterocycles. The summed E-state index contributed by atoms with van der Waals surface area (Å²) in [6.45, 7) is 0.563. The van der Waals surface area contributed by atoms with Gasteiger partial charge in [0.2, 0.25) is 0 Å². The first-order valence-electron chi connectivity index (χ1n) is 6.46. The Bertz CT molecular complexity index is 468. The molecular weight excluding hydrogens is 268 g/mol. The lowest BCUT2D eigenvalue weighted by Gasteiger charge is -2.40. The average molecular weight is 285 g/mol. The molecule has 110 valence electrons. The molecule has 1 heterocycles. The molecule has 6 heteroatoms. The fourth-order valence-electron chi connectivity index (χ4n) is 2.65. The normalized spacial score (nSPS) is 18.3. The molecule has 1 amide bonds. The van der Waals surface area contributed by atoms with Crippen LogP contribution >= 0.6 is 0 Å². The van der Waals surface area contributed by atoms with Gasteiger partial charge in [0.1, 0.15) is 0 Å². The van der Waals surface area contributed by atoms with E-state index in [0.717, 1.165) is 5.56 Å². The number of likely N-dealkylation sites (tertiary alicyclic amines) is 1. The second-order valence-corrected chi connectivity index (χ2v) is 5.13. The number of rotatable bonds is 3. The average Bonchev–Trinajstić information content (AvgIpc) is 2.47. The van der Waals surface area contributed by atoms with Crippen molar-refractivity contribution in [2.24, 2.45) is 0 Å². The highest BCUT2D eigenvalue weighted by molar-refractivity contribution is 5.65. The summed E-state index contributed by atoms with van der Waals surface area (Å²) in [5, 5.41) is 18.6. The first-order valence-corrected chi connectivity index (χ1v) is 6.46. The fourth-order valence-corrected chi connectivity index (χ4v) is 2.65. The first kappa shape index (κ1) is 14.7. The summed E-state index contributed by atoms with van der Waals surface area (Å²) in [7, 11) is 0. The van der Waals surface area contributed by atoms with Gasteiger partial charge in [-0.05, 0) is 18.4 Å². The van der Waals surface area contributed by atoms with Gasteiger partial charge in [0.25, 0.3) is 6.43 Å². The van der Waals surface area contributed by atoms with Crippen molar-refractivity contribution < 1.29 is 23.8 Å². The number of nitrogens with zero attached hydrogens (tertiary/aromatic N) is 1. The summed E-state index contributed by atoms with van der Waals surface area (Å²) in [6.07, 6.45) is -2.50. The van der Waals surface area contributed by atoms with Crippen LogP contribution in [0.5, 0.6) is 0 Å². The summed E-state index contributed by atoms with van der Waals surface area (Å²) in [6, 6.07) is 5.93. The van der Waals surface area contributed by atoms with E-state index in [1.165, 1.54) is 17.0 Å². The minimum absolute atomic E-state index is 0.0511. The number of amides is 1. The van der Waals surface area contributed by atoms with Gasteiger partial charge in [-0.15, -0.1) is 0 Å². The summed E-state index contributed by atoms with van der Waals surface area (Å²) in [5.41, 5.74) is 0.200. The highest BCUT2D eigenvalue weighted by atomic mass is 19.3. The largest absolute Gasteiger partial charge is 0.465 e. The quantitative estimate of drug-likeness (QED) is 0.897. The van der Waals surface area contributed by atoms with Crippen LogP contribution in [-0.4, -0.2) is 40.9 Å². The van der Waals surface area contributed by atoms with Crippen LogP contribution in [0.4, 0.5) is 13.6 Å². The molecule has 1 aromatic carbocycles. The Morgan fingerprint density at radius 3 is 2.20 bits per heavy atom. The molecule has 4 nitrogen and oxygen atoms in total. The highest BCUT2D eigenvalue weighted by Gasteiger charge is 2.37. The number of carbonyl (C=O) groups is 1. The molecule has 0 radical (unpaired) electrons. The van der Waals surface area contributed by atoms with Gasteiger partial charge in [-0.1, -0.05) is 24.3 Å². The molecule has 2 N–H and O–H groups in total. The number of halogens is 2. The number of hydrogen-bond acceptors (Lipinski definition) is 2. The minimum atomic E-state index is -2.51. The van der Waals surface area contributed by atoms with Gasteiger partial charge in [-0.2, -0.15) is 0 Å². The van der Waals surface area contributed by atoms with Crippen LogP contribution in [0.2, 0.25) is 0 Å². The number of aliphatic hydroxyl groups is 1. The summed E-state index contributed by atoms with van der Waals surface area (Å²) in [5.74, 6) is 0. The molecule has 0 aliphatic carbocycles. The fraction of sp³-hybridized carbons (Fsp3) is 0.500. The van der Waals surface area contributed by atoms with E-state index in [4.69, 9.17) is 5.11 Å². The van der Waals surface area contributed by atoms with E-state index in [1.54, 1.807) is 12.1 Å². The van der Waals surface area contributed by atoms with Crippen molar-refractivity contribution >= 4 is 6.09 Å². The van der Waals surface area contributed by atoms with Crippen LogP contribution in [0.3, 0.4) is 0 Å².